The van der Waals surface area contributed by atoms with Crippen molar-refractivity contribution in [2.24, 2.45) is 0 Å². The molecule has 6 heteroatoms. The Morgan fingerprint density at radius 1 is 1.12 bits per heavy atom. The Hall–Kier alpha value is -2.24. The number of ether oxygens (including phenoxy) is 2. The third kappa shape index (κ3) is 4.68. The first-order chi connectivity index (χ1) is 12.7. The van der Waals surface area contributed by atoms with Gasteiger partial charge in [-0.25, -0.2) is 0 Å². The first-order valence-corrected chi connectivity index (χ1v) is 9.52. The second kappa shape index (κ2) is 8.92. The molecule has 6 nitrogen and oxygen atoms in total. The van der Waals surface area contributed by atoms with Crippen molar-refractivity contribution in [1.29, 1.82) is 0 Å². The molecule has 2 fully saturated rings. The molecule has 0 bridgehead atoms. The number of para-hydroxylation sites is 2. The number of amides is 2. The number of hydrogen-bond acceptors (Lipinski definition) is 4. The summed E-state index contributed by atoms with van der Waals surface area (Å²) in [6.45, 7) is 2.75. The van der Waals surface area contributed by atoms with Crippen LogP contribution in [0.2, 0.25) is 0 Å². The number of benzene rings is 1. The van der Waals surface area contributed by atoms with Crippen molar-refractivity contribution in [2.75, 3.05) is 33.3 Å². The van der Waals surface area contributed by atoms with E-state index in [-0.39, 0.29) is 17.9 Å². The smallest absolute Gasteiger partial charge is 0.224 e. The fourth-order valence-corrected chi connectivity index (χ4v) is 3.61. The Balaban J connectivity index is 1.43. The van der Waals surface area contributed by atoms with Crippen molar-refractivity contribution >= 4 is 11.8 Å². The van der Waals surface area contributed by atoms with Crippen LogP contribution in [0.3, 0.4) is 0 Å². The minimum atomic E-state index is 0.0963. The van der Waals surface area contributed by atoms with Gasteiger partial charge in [-0.05, 0) is 25.0 Å². The largest absolute Gasteiger partial charge is 0.493 e. The highest BCUT2D eigenvalue weighted by Gasteiger charge is 2.25. The molecule has 2 amide bonds. The number of carbonyl (C=O) groups excluding carboxylic acids is 2. The van der Waals surface area contributed by atoms with Crippen LogP contribution in [0.4, 0.5) is 0 Å². The normalized spacial score (nSPS) is 18.7. The van der Waals surface area contributed by atoms with E-state index in [1.54, 1.807) is 7.11 Å². The van der Waals surface area contributed by atoms with Gasteiger partial charge in [0, 0.05) is 51.9 Å². The lowest BCUT2D eigenvalue weighted by molar-refractivity contribution is -0.136. The molecule has 142 valence electrons. The molecule has 0 aliphatic carbocycles. The number of hydrogen-bond donors (Lipinski definition) is 0. The summed E-state index contributed by atoms with van der Waals surface area (Å²) in [6, 6.07) is 7.64. The van der Waals surface area contributed by atoms with Gasteiger partial charge in [-0.15, -0.1) is 0 Å². The van der Waals surface area contributed by atoms with E-state index in [0.717, 1.165) is 43.7 Å². The van der Waals surface area contributed by atoms with E-state index in [0.29, 0.717) is 32.5 Å². The van der Waals surface area contributed by atoms with Crippen LogP contribution < -0.4 is 9.47 Å². The molecule has 0 saturated carbocycles. The van der Waals surface area contributed by atoms with Crippen LogP contribution in [0.25, 0.3) is 0 Å². The number of rotatable bonds is 6. The lowest BCUT2D eigenvalue weighted by atomic mass is 10.1. The van der Waals surface area contributed by atoms with Crippen molar-refractivity contribution in [3.8, 4) is 11.5 Å². The zero-order valence-electron chi connectivity index (χ0n) is 15.5. The van der Waals surface area contributed by atoms with Gasteiger partial charge in [0.15, 0.2) is 11.5 Å². The van der Waals surface area contributed by atoms with E-state index in [4.69, 9.17) is 9.47 Å². The summed E-state index contributed by atoms with van der Waals surface area (Å²) in [5, 5.41) is 0. The molecule has 0 radical (unpaired) electrons. The lowest BCUT2D eigenvalue weighted by Crippen LogP contribution is -2.44. The molecule has 2 aliphatic rings. The van der Waals surface area contributed by atoms with Crippen molar-refractivity contribution in [2.45, 2.75) is 44.6 Å². The fourth-order valence-electron chi connectivity index (χ4n) is 3.61. The van der Waals surface area contributed by atoms with Crippen LogP contribution in [0.5, 0.6) is 11.5 Å². The Morgan fingerprint density at radius 3 is 2.54 bits per heavy atom. The van der Waals surface area contributed by atoms with Crippen molar-refractivity contribution in [3.05, 3.63) is 24.3 Å². The summed E-state index contributed by atoms with van der Waals surface area (Å²) < 4.78 is 11.4. The van der Waals surface area contributed by atoms with Crippen LogP contribution in [0.15, 0.2) is 24.3 Å². The summed E-state index contributed by atoms with van der Waals surface area (Å²) in [6.07, 6.45) is 4.79. The zero-order valence-corrected chi connectivity index (χ0v) is 15.5. The summed E-state index contributed by atoms with van der Waals surface area (Å²) in [7, 11) is 1.64. The Labute approximate surface area is 155 Å². The molecule has 0 aromatic heterocycles. The quantitative estimate of drug-likeness (QED) is 0.782. The predicted octanol–water partition coefficient (Wildman–Crippen LogP) is 2.47. The monoisotopic (exact) mass is 360 g/mol. The summed E-state index contributed by atoms with van der Waals surface area (Å²) >= 11 is 0. The van der Waals surface area contributed by atoms with Gasteiger partial charge in [-0.2, -0.15) is 0 Å². The third-order valence-electron chi connectivity index (χ3n) is 5.17. The molecular formula is C20H28N2O4. The Morgan fingerprint density at radius 2 is 1.85 bits per heavy atom. The Bertz CT molecular complexity index is 626. The molecule has 0 atom stereocenters. The maximum Gasteiger partial charge on any atom is 0.224 e. The van der Waals surface area contributed by atoms with Gasteiger partial charge in [-0.3, -0.25) is 9.59 Å². The average molecular weight is 360 g/mol. The van der Waals surface area contributed by atoms with Gasteiger partial charge in [-0.1, -0.05) is 12.1 Å². The lowest BCUT2D eigenvalue weighted by Gasteiger charge is -2.33. The van der Waals surface area contributed by atoms with Crippen LogP contribution in [-0.2, 0) is 9.59 Å². The van der Waals surface area contributed by atoms with E-state index in [1.165, 1.54) is 0 Å². The summed E-state index contributed by atoms with van der Waals surface area (Å²) in [4.78, 5) is 28.0. The minimum absolute atomic E-state index is 0.0963. The first-order valence-electron chi connectivity index (χ1n) is 9.52. The van der Waals surface area contributed by atoms with Crippen LogP contribution in [0, 0.1) is 0 Å². The topological polar surface area (TPSA) is 59.1 Å². The molecule has 0 unspecified atom stereocenters. The molecule has 2 aliphatic heterocycles. The van der Waals surface area contributed by atoms with Gasteiger partial charge >= 0.3 is 0 Å². The van der Waals surface area contributed by atoms with Crippen LogP contribution in [0.1, 0.15) is 38.5 Å². The molecule has 0 N–H and O–H groups in total. The second-order valence-corrected chi connectivity index (χ2v) is 6.94. The zero-order chi connectivity index (χ0) is 18.4. The number of methoxy groups -OCH3 is 1. The molecular weight excluding hydrogens is 332 g/mol. The molecule has 1 aromatic carbocycles. The molecule has 3 rings (SSSR count). The highest BCUT2D eigenvalue weighted by molar-refractivity contribution is 5.79. The molecule has 2 heterocycles. The standard InChI is InChI=1S/C20H28N2O4/c1-25-17-6-2-3-7-18(17)26-16-9-13-22(14-10-16)20(24)11-15-21-12-5-4-8-19(21)23/h2-3,6-7,16H,4-5,8-15H2,1H3. The highest BCUT2D eigenvalue weighted by Crippen LogP contribution is 2.29. The Kier molecular flexibility index (Phi) is 6.36. The van der Waals surface area contributed by atoms with E-state index < -0.39 is 0 Å². The molecule has 0 spiro atoms. The summed E-state index contributed by atoms with van der Waals surface area (Å²) in [5.74, 6) is 1.81. The van der Waals surface area contributed by atoms with Gasteiger partial charge in [0.25, 0.3) is 0 Å². The summed E-state index contributed by atoms with van der Waals surface area (Å²) in [5.41, 5.74) is 0. The van der Waals surface area contributed by atoms with Crippen LogP contribution >= 0.6 is 0 Å². The average Bonchev–Trinajstić information content (AvgIpc) is 2.68. The SMILES string of the molecule is COc1ccccc1OC1CCN(C(=O)CCN2CCCCC2=O)CC1. The number of carbonyl (C=O) groups is 2. The van der Waals surface area contributed by atoms with E-state index in [9.17, 15) is 9.59 Å². The van der Waals surface area contributed by atoms with Gasteiger partial charge in [0.2, 0.25) is 11.8 Å². The van der Waals surface area contributed by atoms with Crippen LogP contribution in [-0.4, -0.2) is 61.0 Å². The maximum absolute atomic E-state index is 12.4. The van der Waals surface area contributed by atoms with Gasteiger partial charge in [0.05, 0.1) is 7.11 Å². The third-order valence-corrected chi connectivity index (χ3v) is 5.17. The van der Waals surface area contributed by atoms with E-state index >= 15 is 0 Å². The number of likely N-dealkylation sites (tertiary alicyclic amines) is 2. The fraction of sp³-hybridized carbons (Fsp3) is 0.600. The molecule has 2 saturated heterocycles. The van der Waals surface area contributed by atoms with E-state index in [1.807, 2.05) is 34.1 Å². The van der Waals surface area contributed by atoms with E-state index in [2.05, 4.69) is 0 Å². The highest BCUT2D eigenvalue weighted by atomic mass is 16.5. The maximum atomic E-state index is 12.4. The van der Waals surface area contributed by atoms with Gasteiger partial charge < -0.3 is 19.3 Å². The minimum Gasteiger partial charge on any atom is -0.493 e. The van der Waals surface area contributed by atoms with Gasteiger partial charge in [0.1, 0.15) is 6.10 Å². The molecule has 1 aromatic rings. The number of nitrogens with zero attached hydrogens (tertiary/aromatic N) is 2. The molecule has 26 heavy (non-hydrogen) atoms. The first kappa shape index (κ1) is 18.5. The number of piperidine rings is 2. The van der Waals surface area contributed by atoms with Crippen molar-refractivity contribution in [1.82, 2.24) is 9.80 Å². The predicted molar refractivity (Wildman–Crippen MR) is 98.3 cm³/mol. The van der Waals surface area contributed by atoms with Crippen molar-refractivity contribution < 1.29 is 19.1 Å². The van der Waals surface area contributed by atoms with Crippen molar-refractivity contribution in [3.63, 3.8) is 0 Å². The second-order valence-electron chi connectivity index (χ2n) is 6.94.